The molecule has 1 unspecified atom stereocenters. The fraction of sp³-hybridized carbons (Fsp3) is 0.294. The molecule has 2 heterocycles. The Hall–Kier alpha value is -3.01. The first kappa shape index (κ1) is 15.9. The molecule has 7 heteroatoms. The van der Waals surface area contributed by atoms with Crippen LogP contribution in [0, 0.1) is 17.1 Å². The number of amides is 2. The number of nitriles is 1. The Morgan fingerprint density at radius 1 is 1.42 bits per heavy atom. The van der Waals surface area contributed by atoms with Crippen LogP contribution < -0.4 is 5.32 Å². The molecule has 2 aromatic rings. The standard InChI is InChI=1S/C17H15FN4O2/c18-13-9-20-14-6-2-1-5-12(14)16(13)17(24)21-10-15(23)22-7-3-4-11(22)8-19/h1-2,5-6,9,11H,3-4,7,10H2,(H,21,24). The minimum atomic E-state index is -0.741. The van der Waals surface area contributed by atoms with E-state index >= 15 is 0 Å². The van der Waals surface area contributed by atoms with E-state index in [2.05, 4.69) is 16.4 Å². The zero-order valence-corrected chi connectivity index (χ0v) is 12.8. The molecule has 1 aliphatic heterocycles. The largest absolute Gasteiger partial charge is 0.343 e. The summed E-state index contributed by atoms with van der Waals surface area (Å²) >= 11 is 0. The Kier molecular flexibility index (Phi) is 4.38. The van der Waals surface area contributed by atoms with E-state index in [0.29, 0.717) is 23.9 Å². The van der Waals surface area contributed by atoms with Crippen LogP contribution in [0.25, 0.3) is 10.9 Å². The van der Waals surface area contributed by atoms with Gasteiger partial charge in [0.15, 0.2) is 5.82 Å². The van der Waals surface area contributed by atoms with E-state index in [1.807, 2.05) is 0 Å². The number of nitrogens with one attached hydrogen (secondary N) is 1. The van der Waals surface area contributed by atoms with Crippen molar-refractivity contribution in [2.24, 2.45) is 0 Å². The average molecular weight is 326 g/mol. The third-order valence-corrected chi connectivity index (χ3v) is 4.08. The zero-order chi connectivity index (χ0) is 17.1. The quantitative estimate of drug-likeness (QED) is 0.928. The van der Waals surface area contributed by atoms with E-state index in [1.54, 1.807) is 24.3 Å². The number of halogens is 1. The molecule has 3 rings (SSSR count). The Bertz CT molecular complexity index is 846. The van der Waals surface area contributed by atoms with Crippen LogP contribution in [0.1, 0.15) is 23.2 Å². The maximum Gasteiger partial charge on any atom is 0.255 e. The molecule has 6 nitrogen and oxygen atoms in total. The number of rotatable bonds is 3. The van der Waals surface area contributed by atoms with Gasteiger partial charge < -0.3 is 10.2 Å². The highest BCUT2D eigenvalue weighted by atomic mass is 19.1. The monoisotopic (exact) mass is 326 g/mol. The van der Waals surface area contributed by atoms with Gasteiger partial charge in [0.05, 0.1) is 29.9 Å². The van der Waals surface area contributed by atoms with Gasteiger partial charge in [-0.15, -0.1) is 0 Å². The number of hydrogen-bond acceptors (Lipinski definition) is 4. The Morgan fingerprint density at radius 3 is 3.00 bits per heavy atom. The Morgan fingerprint density at radius 2 is 2.21 bits per heavy atom. The minimum absolute atomic E-state index is 0.133. The molecule has 1 saturated heterocycles. The van der Waals surface area contributed by atoms with Crippen molar-refractivity contribution in [3.8, 4) is 6.07 Å². The van der Waals surface area contributed by atoms with Crippen molar-refractivity contribution in [1.29, 1.82) is 5.26 Å². The number of nitrogens with zero attached hydrogens (tertiary/aromatic N) is 3. The molecule has 1 fully saturated rings. The predicted octanol–water partition coefficient (Wildman–Crippen LogP) is 1.62. The molecule has 0 spiro atoms. The van der Waals surface area contributed by atoms with E-state index in [-0.39, 0.29) is 18.0 Å². The number of benzene rings is 1. The molecule has 0 radical (unpaired) electrons. The number of para-hydroxylation sites is 1. The minimum Gasteiger partial charge on any atom is -0.343 e. The van der Waals surface area contributed by atoms with Gasteiger partial charge >= 0.3 is 0 Å². The molecule has 0 saturated carbocycles. The molecule has 1 aliphatic rings. The SMILES string of the molecule is N#CC1CCCN1C(=O)CNC(=O)c1c(F)cnc2ccccc12. The summed E-state index contributed by atoms with van der Waals surface area (Å²) in [5.74, 6) is -1.76. The fourth-order valence-electron chi connectivity index (χ4n) is 2.89. The molecule has 1 N–H and O–H groups in total. The van der Waals surface area contributed by atoms with E-state index in [1.165, 1.54) is 4.90 Å². The smallest absolute Gasteiger partial charge is 0.255 e. The summed E-state index contributed by atoms with van der Waals surface area (Å²) < 4.78 is 14.1. The van der Waals surface area contributed by atoms with Crippen LogP contribution >= 0.6 is 0 Å². The van der Waals surface area contributed by atoms with Gasteiger partial charge in [0, 0.05) is 11.9 Å². The summed E-state index contributed by atoms with van der Waals surface area (Å²) in [6.07, 6.45) is 2.40. The van der Waals surface area contributed by atoms with Gasteiger partial charge in [-0.25, -0.2) is 4.39 Å². The van der Waals surface area contributed by atoms with Crippen molar-refractivity contribution in [2.45, 2.75) is 18.9 Å². The Labute approximate surface area is 137 Å². The second kappa shape index (κ2) is 6.62. The first-order valence-electron chi connectivity index (χ1n) is 7.62. The third-order valence-electron chi connectivity index (χ3n) is 4.08. The van der Waals surface area contributed by atoms with E-state index in [4.69, 9.17) is 5.26 Å². The van der Waals surface area contributed by atoms with Crippen molar-refractivity contribution >= 4 is 22.7 Å². The molecule has 1 atom stereocenters. The lowest BCUT2D eigenvalue weighted by Gasteiger charge is -2.19. The molecule has 0 aliphatic carbocycles. The van der Waals surface area contributed by atoms with Crippen LogP contribution in [0.3, 0.4) is 0 Å². The van der Waals surface area contributed by atoms with Crippen LogP contribution in [-0.4, -0.2) is 40.8 Å². The second-order valence-corrected chi connectivity index (χ2v) is 5.56. The van der Waals surface area contributed by atoms with Crippen molar-refractivity contribution in [1.82, 2.24) is 15.2 Å². The van der Waals surface area contributed by atoms with Crippen LogP contribution in [0.4, 0.5) is 4.39 Å². The van der Waals surface area contributed by atoms with Crippen LogP contribution in [0.2, 0.25) is 0 Å². The van der Waals surface area contributed by atoms with Gasteiger partial charge in [-0.1, -0.05) is 18.2 Å². The van der Waals surface area contributed by atoms with Crippen LogP contribution in [-0.2, 0) is 4.79 Å². The van der Waals surface area contributed by atoms with Crippen LogP contribution in [0.15, 0.2) is 30.5 Å². The molecular formula is C17H15FN4O2. The number of fused-ring (bicyclic) bond motifs is 1. The van der Waals surface area contributed by atoms with E-state index < -0.39 is 17.8 Å². The first-order chi connectivity index (χ1) is 11.6. The van der Waals surface area contributed by atoms with Crippen molar-refractivity contribution in [3.63, 3.8) is 0 Å². The molecular weight excluding hydrogens is 311 g/mol. The fourth-order valence-corrected chi connectivity index (χ4v) is 2.89. The van der Waals surface area contributed by atoms with Gasteiger partial charge in [0.2, 0.25) is 5.91 Å². The highest BCUT2D eigenvalue weighted by molar-refractivity contribution is 6.07. The molecule has 1 aromatic heterocycles. The highest BCUT2D eigenvalue weighted by Gasteiger charge is 2.28. The third kappa shape index (κ3) is 2.91. The number of hydrogen-bond donors (Lipinski definition) is 1. The zero-order valence-electron chi connectivity index (χ0n) is 12.8. The van der Waals surface area contributed by atoms with Crippen molar-refractivity contribution in [2.75, 3.05) is 13.1 Å². The average Bonchev–Trinajstić information content (AvgIpc) is 3.08. The summed E-state index contributed by atoms with van der Waals surface area (Å²) in [5, 5.41) is 11.8. The summed E-state index contributed by atoms with van der Waals surface area (Å²) in [7, 11) is 0. The number of carbonyl (C=O) groups excluding carboxylic acids is 2. The van der Waals surface area contributed by atoms with Gasteiger partial charge in [0.25, 0.3) is 5.91 Å². The predicted molar refractivity (Wildman–Crippen MR) is 84.4 cm³/mol. The highest BCUT2D eigenvalue weighted by Crippen LogP contribution is 2.19. The van der Waals surface area contributed by atoms with Gasteiger partial charge in [-0.05, 0) is 18.9 Å². The summed E-state index contributed by atoms with van der Waals surface area (Å²) in [6, 6.07) is 8.34. The van der Waals surface area contributed by atoms with Gasteiger partial charge in [0.1, 0.15) is 6.04 Å². The molecule has 1 aromatic carbocycles. The van der Waals surface area contributed by atoms with Crippen molar-refractivity contribution in [3.05, 3.63) is 41.8 Å². The lowest BCUT2D eigenvalue weighted by molar-refractivity contribution is -0.130. The van der Waals surface area contributed by atoms with Crippen molar-refractivity contribution < 1.29 is 14.0 Å². The number of carbonyl (C=O) groups is 2. The van der Waals surface area contributed by atoms with E-state index in [0.717, 1.165) is 12.6 Å². The maximum atomic E-state index is 14.1. The van der Waals surface area contributed by atoms with Crippen LogP contribution in [0.5, 0.6) is 0 Å². The van der Waals surface area contributed by atoms with E-state index in [9.17, 15) is 14.0 Å². The lowest BCUT2D eigenvalue weighted by Crippen LogP contribution is -2.42. The molecule has 2 amide bonds. The van der Waals surface area contributed by atoms with Gasteiger partial charge in [-0.2, -0.15) is 5.26 Å². The summed E-state index contributed by atoms with van der Waals surface area (Å²) in [4.78, 5) is 29.9. The number of pyridine rings is 1. The topological polar surface area (TPSA) is 86.1 Å². The normalized spacial score (nSPS) is 16.8. The molecule has 122 valence electrons. The lowest BCUT2D eigenvalue weighted by atomic mass is 10.1. The first-order valence-corrected chi connectivity index (χ1v) is 7.62. The summed E-state index contributed by atoms with van der Waals surface area (Å²) in [6.45, 7) is 0.229. The number of aromatic nitrogens is 1. The summed E-state index contributed by atoms with van der Waals surface area (Å²) in [5.41, 5.74) is 0.367. The molecule has 0 bridgehead atoms. The second-order valence-electron chi connectivity index (χ2n) is 5.56. The number of likely N-dealkylation sites (tertiary alicyclic amines) is 1. The maximum absolute atomic E-state index is 14.1. The molecule has 24 heavy (non-hydrogen) atoms. The van der Waals surface area contributed by atoms with Gasteiger partial charge in [-0.3, -0.25) is 14.6 Å². The Balaban J connectivity index is 1.75.